The van der Waals surface area contributed by atoms with Gasteiger partial charge < -0.3 is 18.9 Å². The lowest BCUT2D eigenvalue weighted by atomic mass is 10.1. The Labute approximate surface area is 346 Å². The molecule has 0 atom stereocenters. The van der Waals surface area contributed by atoms with E-state index in [0.29, 0.717) is 35.8 Å². The fourth-order valence-corrected chi connectivity index (χ4v) is 6.65. The third-order valence-corrected chi connectivity index (χ3v) is 10.2. The van der Waals surface area contributed by atoms with Crippen LogP contribution >= 0.6 is 0 Å². The van der Waals surface area contributed by atoms with E-state index in [0.717, 1.165) is 72.5 Å². The number of rotatable bonds is 26. The number of carbonyl (C=O) groups excluding carboxylic acids is 2. The third-order valence-electron chi connectivity index (χ3n) is 10.2. The molecule has 4 aromatic carbocycles. The molecule has 5 rings (SSSR count). The molecule has 0 radical (unpaired) electrons. The largest absolute Gasteiger partial charge is 0.494 e. The third kappa shape index (κ3) is 15.8. The number of unbranched alkanes of at least 4 members (excludes halogenated alkanes) is 10. The molecule has 0 fully saturated rings. The van der Waals surface area contributed by atoms with Gasteiger partial charge >= 0.3 is 11.9 Å². The van der Waals surface area contributed by atoms with E-state index < -0.39 is 11.9 Å². The molecule has 1 aromatic heterocycles. The Morgan fingerprint density at radius 2 is 0.776 bits per heavy atom. The minimum absolute atomic E-state index is 0.391. The van der Waals surface area contributed by atoms with Gasteiger partial charge in [0.05, 0.1) is 24.3 Å². The van der Waals surface area contributed by atoms with Gasteiger partial charge in [-0.25, -0.2) is 9.59 Å². The van der Waals surface area contributed by atoms with Crippen molar-refractivity contribution in [2.75, 3.05) is 13.2 Å². The predicted octanol–water partition coefficient (Wildman–Crippen LogP) is 12.6. The number of aryl methyl sites for hydroxylation is 4. The van der Waals surface area contributed by atoms with Crippen molar-refractivity contribution < 1.29 is 28.5 Å². The molecule has 0 saturated heterocycles. The van der Waals surface area contributed by atoms with E-state index in [1.54, 1.807) is 24.3 Å². The molecular weight excluding hydrogens is 723 g/mol. The van der Waals surface area contributed by atoms with Gasteiger partial charge in [-0.2, -0.15) is 0 Å². The van der Waals surface area contributed by atoms with Crippen LogP contribution in [0.25, 0.3) is 0 Å². The average molecular weight is 784 g/mol. The van der Waals surface area contributed by atoms with E-state index in [1.165, 1.54) is 64.2 Å². The monoisotopic (exact) mass is 783 g/mol. The van der Waals surface area contributed by atoms with E-state index in [4.69, 9.17) is 23.9 Å². The highest BCUT2D eigenvalue weighted by molar-refractivity contribution is 5.91. The Morgan fingerprint density at radius 3 is 1.17 bits per heavy atom. The first-order valence-electron chi connectivity index (χ1n) is 21.5. The first kappa shape index (κ1) is 43.7. The van der Waals surface area contributed by atoms with Gasteiger partial charge in [0.25, 0.3) is 0 Å². The number of hydrogen-bond acceptors (Lipinski definition) is 7. The van der Waals surface area contributed by atoms with Crippen LogP contribution in [0.15, 0.2) is 115 Å². The zero-order valence-corrected chi connectivity index (χ0v) is 34.6. The summed E-state index contributed by atoms with van der Waals surface area (Å²) < 4.78 is 22.9. The van der Waals surface area contributed by atoms with E-state index in [-0.39, 0.29) is 0 Å². The van der Waals surface area contributed by atoms with E-state index in [9.17, 15) is 9.59 Å². The van der Waals surface area contributed by atoms with Crippen LogP contribution in [0.3, 0.4) is 0 Å². The van der Waals surface area contributed by atoms with Crippen molar-refractivity contribution in [2.24, 2.45) is 0 Å². The maximum Gasteiger partial charge on any atom is 0.343 e. The molecule has 1 heterocycles. The molecular formula is C51H61NO6. The first-order valence-corrected chi connectivity index (χ1v) is 21.5. The molecule has 0 unspecified atom stereocenters. The fraction of sp³-hybridized carbons (Fsp3) is 0.392. The molecule has 7 nitrogen and oxygen atoms in total. The molecule has 0 amide bonds. The SMILES string of the molecule is CCCCCCCCOc1ccc(C(=O)Oc2ccc(CCc3cccc(CCc4ccc(OC(=O)c5ccc(OCCCCCCCC)cc5)cc4)n3)cc2)cc1. The number of hydrogen-bond donors (Lipinski definition) is 0. The van der Waals surface area contributed by atoms with Crippen molar-refractivity contribution in [3.05, 3.63) is 149 Å². The van der Waals surface area contributed by atoms with Crippen LogP contribution in [0.2, 0.25) is 0 Å². The van der Waals surface area contributed by atoms with Gasteiger partial charge in [0.1, 0.15) is 23.0 Å². The molecule has 5 aromatic rings. The number of carbonyl (C=O) groups is 2. The second-order valence-corrected chi connectivity index (χ2v) is 15.0. The molecule has 0 bridgehead atoms. The molecule has 0 aliphatic carbocycles. The summed E-state index contributed by atoms with van der Waals surface area (Å²) in [5.41, 5.74) is 5.33. The number of esters is 2. The first-order chi connectivity index (χ1) is 28.5. The van der Waals surface area contributed by atoms with Crippen molar-refractivity contribution >= 4 is 11.9 Å². The summed E-state index contributed by atoms with van der Waals surface area (Å²) in [6.07, 6.45) is 17.9. The van der Waals surface area contributed by atoms with Gasteiger partial charge in [0.15, 0.2) is 0 Å². The minimum atomic E-state index is -0.391. The lowest BCUT2D eigenvalue weighted by Gasteiger charge is -2.09. The summed E-state index contributed by atoms with van der Waals surface area (Å²) in [5, 5.41) is 0. The molecule has 306 valence electrons. The number of ether oxygens (including phenoxy) is 4. The molecule has 0 N–H and O–H groups in total. The zero-order valence-electron chi connectivity index (χ0n) is 34.6. The van der Waals surface area contributed by atoms with Crippen LogP contribution < -0.4 is 18.9 Å². The van der Waals surface area contributed by atoms with E-state index >= 15 is 0 Å². The fourth-order valence-electron chi connectivity index (χ4n) is 6.65. The predicted molar refractivity (Wildman–Crippen MR) is 232 cm³/mol. The Morgan fingerprint density at radius 1 is 0.414 bits per heavy atom. The van der Waals surface area contributed by atoms with Gasteiger partial charge in [-0.05, 0) is 135 Å². The van der Waals surface area contributed by atoms with Crippen molar-refractivity contribution in [1.82, 2.24) is 4.98 Å². The van der Waals surface area contributed by atoms with Crippen LogP contribution in [0, 0.1) is 0 Å². The van der Waals surface area contributed by atoms with Gasteiger partial charge in [-0.3, -0.25) is 4.98 Å². The van der Waals surface area contributed by atoms with Crippen LogP contribution in [-0.4, -0.2) is 30.1 Å². The maximum absolute atomic E-state index is 12.8. The lowest BCUT2D eigenvalue weighted by molar-refractivity contribution is 0.0725. The summed E-state index contributed by atoms with van der Waals surface area (Å²) in [5.74, 6) is 1.78. The molecule has 0 spiro atoms. The van der Waals surface area contributed by atoms with Crippen LogP contribution in [-0.2, 0) is 25.7 Å². The summed E-state index contributed by atoms with van der Waals surface area (Å²) >= 11 is 0. The molecule has 7 heteroatoms. The number of nitrogens with zero attached hydrogens (tertiary/aromatic N) is 1. The highest BCUT2D eigenvalue weighted by Gasteiger charge is 2.11. The zero-order chi connectivity index (χ0) is 40.6. The smallest absolute Gasteiger partial charge is 0.343 e. The second kappa shape index (κ2) is 25.0. The standard InChI is InChI=1S/C51H61NO6/c1-3-5-7-9-11-13-38-55-46-34-24-42(25-35-46)50(53)57-48-30-20-40(21-31-48)18-28-44-16-15-17-45(52-44)29-19-41-22-32-49(33-23-41)58-51(54)43-26-36-47(37-27-43)56-39-14-12-10-8-6-4-2/h15-17,20-27,30-37H,3-14,18-19,28-29,38-39H2,1-2H3. The van der Waals surface area contributed by atoms with Crippen LogP contribution in [0.1, 0.15) is 134 Å². The highest BCUT2D eigenvalue weighted by Crippen LogP contribution is 2.21. The summed E-state index contributed by atoms with van der Waals surface area (Å²) in [7, 11) is 0. The summed E-state index contributed by atoms with van der Waals surface area (Å²) in [6, 6.07) is 35.8. The summed E-state index contributed by atoms with van der Waals surface area (Å²) in [6.45, 7) is 5.83. The normalized spacial score (nSPS) is 10.9. The van der Waals surface area contributed by atoms with Crippen molar-refractivity contribution in [3.63, 3.8) is 0 Å². The number of aromatic nitrogens is 1. The van der Waals surface area contributed by atoms with E-state index in [1.807, 2.05) is 72.8 Å². The Bertz CT molecular complexity index is 1780. The van der Waals surface area contributed by atoms with Crippen LogP contribution in [0.5, 0.6) is 23.0 Å². The van der Waals surface area contributed by atoms with Crippen molar-refractivity contribution in [1.29, 1.82) is 0 Å². The average Bonchev–Trinajstić information content (AvgIpc) is 3.26. The molecule has 0 aliphatic rings. The van der Waals surface area contributed by atoms with E-state index in [2.05, 4.69) is 32.0 Å². The van der Waals surface area contributed by atoms with Crippen molar-refractivity contribution in [2.45, 2.75) is 117 Å². The van der Waals surface area contributed by atoms with Gasteiger partial charge in [0.2, 0.25) is 0 Å². The Hall–Kier alpha value is -5.43. The summed E-state index contributed by atoms with van der Waals surface area (Å²) in [4.78, 5) is 30.4. The van der Waals surface area contributed by atoms with Gasteiger partial charge in [-0.15, -0.1) is 0 Å². The highest BCUT2D eigenvalue weighted by atomic mass is 16.5. The van der Waals surface area contributed by atoms with Gasteiger partial charge in [0, 0.05) is 11.4 Å². The Balaban J connectivity index is 0.985. The number of benzene rings is 4. The quantitative estimate of drug-likeness (QED) is 0.0314. The van der Waals surface area contributed by atoms with Crippen molar-refractivity contribution in [3.8, 4) is 23.0 Å². The maximum atomic E-state index is 12.8. The number of pyridine rings is 1. The second-order valence-electron chi connectivity index (χ2n) is 15.0. The topological polar surface area (TPSA) is 84.0 Å². The molecule has 58 heavy (non-hydrogen) atoms. The van der Waals surface area contributed by atoms with Gasteiger partial charge in [-0.1, -0.05) is 108 Å². The lowest BCUT2D eigenvalue weighted by Crippen LogP contribution is -2.08. The molecule has 0 saturated carbocycles. The minimum Gasteiger partial charge on any atom is -0.494 e. The molecule has 0 aliphatic heterocycles. The Kier molecular flexibility index (Phi) is 18.9. The van der Waals surface area contributed by atoms with Crippen LogP contribution in [0.4, 0.5) is 0 Å².